The summed E-state index contributed by atoms with van der Waals surface area (Å²) >= 11 is 2.35. The first-order valence-electron chi connectivity index (χ1n) is 14.6. The van der Waals surface area contributed by atoms with Crippen LogP contribution in [0, 0.1) is 5.82 Å². The molecule has 0 spiro atoms. The maximum Gasteiger partial charge on any atom is 0.301 e. The second-order valence-electron chi connectivity index (χ2n) is 10.0. The highest BCUT2D eigenvalue weighted by Gasteiger charge is 2.48. The van der Waals surface area contributed by atoms with E-state index in [0.717, 1.165) is 17.8 Å². The molecule has 12 heteroatoms. The van der Waals surface area contributed by atoms with Gasteiger partial charge in [-0.2, -0.15) is 0 Å². The Balaban J connectivity index is 1.57. The minimum Gasteiger partial charge on any atom is -0.507 e. The van der Waals surface area contributed by atoms with Crippen molar-refractivity contribution in [3.05, 3.63) is 107 Å². The van der Waals surface area contributed by atoms with Crippen LogP contribution < -0.4 is 19.1 Å². The highest BCUT2D eigenvalue weighted by Crippen LogP contribution is 2.45. The summed E-state index contributed by atoms with van der Waals surface area (Å²) in [5.41, 5.74) is 1.19. The second-order valence-corrected chi connectivity index (χ2v) is 12.2. The van der Waals surface area contributed by atoms with E-state index in [1.54, 1.807) is 66.7 Å². The fourth-order valence-corrected chi connectivity index (χ4v) is 6.63. The molecule has 1 aliphatic rings. The maximum atomic E-state index is 14.2. The number of benzene rings is 3. The van der Waals surface area contributed by atoms with Crippen molar-refractivity contribution in [2.45, 2.75) is 36.4 Å². The average Bonchev–Trinajstić information content (AvgIpc) is 3.64. The summed E-state index contributed by atoms with van der Waals surface area (Å²) in [5.74, 6) is -0.684. The summed E-state index contributed by atoms with van der Waals surface area (Å²) in [4.78, 5) is 28.6. The van der Waals surface area contributed by atoms with E-state index in [0.29, 0.717) is 57.2 Å². The Morgan fingerprint density at radius 3 is 2.54 bits per heavy atom. The molecule has 0 saturated carbocycles. The number of hydrogen-bond donors (Lipinski definition) is 1. The van der Waals surface area contributed by atoms with E-state index in [2.05, 4.69) is 16.8 Å². The highest BCUT2D eigenvalue weighted by molar-refractivity contribution is 8.00. The van der Waals surface area contributed by atoms with Crippen LogP contribution in [0.5, 0.6) is 17.2 Å². The summed E-state index contributed by atoms with van der Waals surface area (Å²) in [5, 5.41) is 20.1. The Hall–Kier alpha value is -4.68. The number of Topliss-reactive ketones (excluding diaryl/α,β-unsaturated/α-hetero) is 1. The number of aromatic nitrogens is 2. The Kier molecular flexibility index (Phi) is 10.7. The minimum atomic E-state index is -1.07. The van der Waals surface area contributed by atoms with Crippen molar-refractivity contribution in [3.8, 4) is 17.2 Å². The molecule has 0 radical (unpaired) electrons. The van der Waals surface area contributed by atoms with E-state index >= 15 is 0 Å². The van der Waals surface area contributed by atoms with Crippen LogP contribution in [0.25, 0.3) is 5.76 Å². The first-order valence-corrected chi connectivity index (χ1v) is 16.4. The molecule has 1 saturated heterocycles. The quantitative estimate of drug-likeness (QED) is 0.0370. The zero-order valence-corrected chi connectivity index (χ0v) is 26.9. The lowest BCUT2D eigenvalue weighted by Crippen LogP contribution is -2.29. The van der Waals surface area contributed by atoms with Gasteiger partial charge in [0.15, 0.2) is 15.8 Å². The largest absolute Gasteiger partial charge is 0.507 e. The van der Waals surface area contributed by atoms with Crippen LogP contribution >= 0.6 is 23.1 Å². The smallest absolute Gasteiger partial charge is 0.301 e. The van der Waals surface area contributed by atoms with Gasteiger partial charge in [-0.3, -0.25) is 14.5 Å². The second kappa shape index (κ2) is 15.1. The molecule has 2 heterocycles. The molecule has 3 aromatic carbocycles. The normalized spacial score (nSPS) is 15.6. The van der Waals surface area contributed by atoms with Crippen LogP contribution in [-0.2, 0) is 15.3 Å². The van der Waals surface area contributed by atoms with Gasteiger partial charge in [0.2, 0.25) is 5.13 Å². The van der Waals surface area contributed by atoms with Gasteiger partial charge in [-0.15, -0.1) is 10.2 Å². The van der Waals surface area contributed by atoms with Crippen molar-refractivity contribution < 1.29 is 33.3 Å². The number of carbonyl (C=O) groups excluding carboxylic acids is 2. The molecular formula is C34H32FN3O6S2. The van der Waals surface area contributed by atoms with Gasteiger partial charge < -0.3 is 19.3 Å². The fraction of sp³-hybridized carbons (Fsp3) is 0.235. The van der Waals surface area contributed by atoms with Gasteiger partial charge in [0.25, 0.3) is 5.78 Å². The van der Waals surface area contributed by atoms with Gasteiger partial charge in [0, 0.05) is 11.3 Å². The predicted octanol–water partition coefficient (Wildman–Crippen LogP) is 7.35. The number of aliphatic hydroxyl groups is 1. The zero-order valence-electron chi connectivity index (χ0n) is 25.3. The number of amides is 1. The zero-order chi connectivity index (χ0) is 32.6. The molecule has 1 N–H and O–H groups in total. The molecule has 46 heavy (non-hydrogen) atoms. The number of ketones is 1. The number of rotatable bonds is 14. The third-order valence-corrected chi connectivity index (χ3v) is 9.00. The fourth-order valence-electron chi connectivity index (χ4n) is 4.77. The average molecular weight is 662 g/mol. The van der Waals surface area contributed by atoms with Crippen molar-refractivity contribution in [2.75, 3.05) is 24.7 Å². The number of carbonyl (C=O) groups is 2. The van der Waals surface area contributed by atoms with E-state index in [1.165, 1.54) is 22.7 Å². The van der Waals surface area contributed by atoms with Gasteiger partial charge >= 0.3 is 5.91 Å². The van der Waals surface area contributed by atoms with Crippen molar-refractivity contribution in [3.63, 3.8) is 0 Å². The molecule has 5 rings (SSSR count). The standard InChI is InChI=1S/C34H32FN3O6S2/c1-4-17-43-24-14-11-21(12-15-24)30(39)28-29(22-13-16-26(44-18-5-2)27(19-22)42-6-3)38(32(41)31(28)40)33-36-37-34(46-33)45-20-23-9-7-8-10-25(23)35/h5,7-16,19,29,39H,2,4,6,17-18,20H2,1,3H3/b30-28+. The third kappa shape index (κ3) is 7.08. The summed E-state index contributed by atoms with van der Waals surface area (Å²) < 4.78 is 31.9. The molecular weight excluding hydrogens is 630 g/mol. The number of halogens is 1. The van der Waals surface area contributed by atoms with E-state index < -0.39 is 17.7 Å². The van der Waals surface area contributed by atoms with Crippen LogP contribution in [0.15, 0.2) is 89.3 Å². The molecule has 1 atom stereocenters. The maximum absolute atomic E-state index is 14.2. The van der Waals surface area contributed by atoms with Crippen LogP contribution in [0.1, 0.15) is 43.0 Å². The van der Waals surface area contributed by atoms with Gasteiger partial charge in [0.1, 0.15) is 23.9 Å². The van der Waals surface area contributed by atoms with E-state index in [-0.39, 0.29) is 28.9 Å². The molecule has 4 aromatic rings. The van der Waals surface area contributed by atoms with E-state index in [4.69, 9.17) is 14.2 Å². The minimum absolute atomic E-state index is 0.120. The first-order chi connectivity index (χ1) is 22.4. The van der Waals surface area contributed by atoms with Crippen molar-refractivity contribution in [1.82, 2.24) is 10.2 Å². The summed E-state index contributed by atoms with van der Waals surface area (Å²) in [7, 11) is 0. The van der Waals surface area contributed by atoms with E-state index in [9.17, 15) is 19.1 Å². The molecule has 1 amide bonds. The Morgan fingerprint density at radius 1 is 1.04 bits per heavy atom. The Morgan fingerprint density at radius 2 is 1.83 bits per heavy atom. The molecule has 0 aliphatic carbocycles. The molecule has 1 aliphatic heterocycles. The molecule has 238 valence electrons. The number of nitrogens with zero attached hydrogens (tertiary/aromatic N) is 3. The molecule has 1 unspecified atom stereocenters. The molecule has 1 aromatic heterocycles. The first kappa shape index (κ1) is 32.7. The van der Waals surface area contributed by atoms with Crippen LogP contribution in [0.4, 0.5) is 9.52 Å². The number of hydrogen-bond acceptors (Lipinski definition) is 10. The Labute approximate surface area is 274 Å². The number of ether oxygens (including phenoxy) is 3. The van der Waals surface area contributed by atoms with E-state index in [1.807, 2.05) is 13.8 Å². The Bertz CT molecular complexity index is 1760. The topological polar surface area (TPSA) is 111 Å². The van der Waals surface area contributed by atoms with Gasteiger partial charge in [-0.25, -0.2) is 4.39 Å². The SMILES string of the molecule is C=CCOc1ccc(C2/C(=C(\O)c3ccc(OCCC)cc3)C(=O)C(=O)N2c2nnc(SCc3ccccc3F)s2)cc1OCC. The summed E-state index contributed by atoms with van der Waals surface area (Å²) in [6.07, 6.45) is 2.44. The lowest BCUT2D eigenvalue weighted by Gasteiger charge is -2.23. The summed E-state index contributed by atoms with van der Waals surface area (Å²) in [6.45, 7) is 8.62. The number of anilines is 1. The van der Waals surface area contributed by atoms with Crippen LogP contribution in [0.3, 0.4) is 0 Å². The molecule has 1 fully saturated rings. The monoisotopic (exact) mass is 661 g/mol. The summed E-state index contributed by atoms with van der Waals surface area (Å²) in [6, 6.07) is 17.1. The van der Waals surface area contributed by atoms with Gasteiger partial charge in [-0.1, -0.05) is 66.9 Å². The molecule has 0 bridgehead atoms. The van der Waals surface area contributed by atoms with Crippen LogP contribution in [0.2, 0.25) is 0 Å². The lowest BCUT2D eigenvalue weighted by atomic mass is 9.95. The molecule has 9 nitrogen and oxygen atoms in total. The van der Waals surface area contributed by atoms with Crippen molar-refractivity contribution in [1.29, 1.82) is 0 Å². The van der Waals surface area contributed by atoms with Crippen molar-refractivity contribution in [2.24, 2.45) is 0 Å². The number of aliphatic hydroxyl groups excluding tert-OH is 1. The highest BCUT2D eigenvalue weighted by atomic mass is 32.2. The van der Waals surface area contributed by atoms with Gasteiger partial charge in [-0.05, 0) is 66.9 Å². The van der Waals surface area contributed by atoms with Crippen molar-refractivity contribution >= 4 is 45.7 Å². The van der Waals surface area contributed by atoms with Crippen LogP contribution in [-0.4, -0.2) is 46.8 Å². The lowest BCUT2D eigenvalue weighted by molar-refractivity contribution is -0.132. The predicted molar refractivity (Wildman–Crippen MR) is 176 cm³/mol. The number of thioether (sulfide) groups is 1. The third-order valence-electron chi connectivity index (χ3n) is 6.90. The van der Waals surface area contributed by atoms with Gasteiger partial charge in [0.05, 0.1) is 24.8 Å².